The highest BCUT2D eigenvalue weighted by molar-refractivity contribution is 5.86. The Balaban J connectivity index is 1.84. The van der Waals surface area contributed by atoms with Gasteiger partial charge in [0.2, 0.25) is 5.91 Å². The van der Waals surface area contributed by atoms with Crippen molar-refractivity contribution < 1.29 is 19.4 Å². The van der Waals surface area contributed by atoms with Crippen LogP contribution >= 0.6 is 0 Å². The predicted octanol–water partition coefficient (Wildman–Crippen LogP) is 2.45. The number of carbonyl (C=O) groups is 2. The van der Waals surface area contributed by atoms with Gasteiger partial charge in [-0.3, -0.25) is 9.69 Å². The quantitative estimate of drug-likeness (QED) is 0.930. The summed E-state index contributed by atoms with van der Waals surface area (Å²) in [5, 5.41) is 9.49. The van der Waals surface area contributed by atoms with Crippen LogP contribution in [0.15, 0.2) is 30.3 Å². The molecule has 1 N–H and O–H groups in total. The SMILES string of the molecule is CC1CCC2(CC1)OCC(C(=O)O)N2C(=O)Cc1ccccc1. The number of rotatable bonds is 3. The first kappa shape index (κ1) is 16.0. The number of hydrogen-bond acceptors (Lipinski definition) is 3. The van der Waals surface area contributed by atoms with Crippen molar-refractivity contribution in [3.63, 3.8) is 0 Å². The molecule has 1 aromatic rings. The minimum Gasteiger partial charge on any atom is -0.480 e. The first-order valence-corrected chi connectivity index (χ1v) is 8.25. The van der Waals surface area contributed by atoms with Crippen LogP contribution in [0, 0.1) is 5.92 Å². The van der Waals surface area contributed by atoms with Gasteiger partial charge in [-0.2, -0.15) is 0 Å². The molecule has 0 aromatic heterocycles. The summed E-state index contributed by atoms with van der Waals surface area (Å²) in [7, 11) is 0. The number of ether oxygens (including phenoxy) is 1. The summed E-state index contributed by atoms with van der Waals surface area (Å²) in [6.07, 6.45) is 3.57. The molecule has 1 aromatic carbocycles. The topological polar surface area (TPSA) is 66.8 Å². The van der Waals surface area contributed by atoms with Gasteiger partial charge < -0.3 is 9.84 Å². The highest BCUT2D eigenvalue weighted by atomic mass is 16.5. The van der Waals surface area contributed by atoms with Crippen LogP contribution in [0.1, 0.15) is 38.2 Å². The third kappa shape index (κ3) is 3.11. The molecule has 1 aliphatic heterocycles. The van der Waals surface area contributed by atoms with Crippen molar-refractivity contribution in [3.05, 3.63) is 35.9 Å². The number of carbonyl (C=O) groups excluding carboxylic acids is 1. The summed E-state index contributed by atoms with van der Waals surface area (Å²) >= 11 is 0. The molecule has 1 amide bonds. The van der Waals surface area contributed by atoms with E-state index in [0.29, 0.717) is 5.92 Å². The summed E-state index contributed by atoms with van der Waals surface area (Å²) in [5.41, 5.74) is 0.175. The highest BCUT2D eigenvalue weighted by Gasteiger charge is 2.53. The molecule has 23 heavy (non-hydrogen) atoms. The average Bonchev–Trinajstić information content (AvgIpc) is 2.91. The second-order valence-corrected chi connectivity index (χ2v) is 6.72. The zero-order valence-corrected chi connectivity index (χ0v) is 13.4. The van der Waals surface area contributed by atoms with Crippen molar-refractivity contribution in [3.8, 4) is 0 Å². The molecule has 2 fully saturated rings. The maximum atomic E-state index is 12.9. The lowest BCUT2D eigenvalue weighted by molar-refractivity contribution is -0.164. The maximum absolute atomic E-state index is 12.9. The molecular formula is C18H23NO4. The number of aliphatic carboxylic acids is 1. The number of nitrogens with zero attached hydrogens (tertiary/aromatic N) is 1. The monoisotopic (exact) mass is 317 g/mol. The number of hydrogen-bond donors (Lipinski definition) is 1. The number of amides is 1. The molecule has 1 saturated heterocycles. The Labute approximate surface area is 136 Å². The van der Waals surface area contributed by atoms with Gasteiger partial charge >= 0.3 is 5.97 Å². The molecular weight excluding hydrogens is 294 g/mol. The summed E-state index contributed by atoms with van der Waals surface area (Å²) < 4.78 is 5.90. The Hall–Kier alpha value is -1.88. The van der Waals surface area contributed by atoms with E-state index in [1.165, 1.54) is 4.90 Å². The molecule has 2 aliphatic rings. The van der Waals surface area contributed by atoms with Crippen molar-refractivity contribution in [2.24, 2.45) is 5.92 Å². The van der Waals surface area contributed by atoms with E-state index in [9.17, 15) is 14.7 Å². The van der Waals surface area contributed by atoms with Gasteiger partial charge in [0.15, 0.2) is 6.04 Å². The first-order valence-electron chi connectivity index (χ1n) is 8.25. The predicted molar refractivity (Wildman–Crippen MR) is 84.7 cm³/mol. The molecule has 1 aliphatic carbocycles. The molecule has 1 atom stereocenters. The van der Waals surface area contributed by atoms with Crippen molar-refractivity contribution in [2.75, 3.05) is 6.61 Å². The first-order chi connectivity index (χ1) is 11.0. The molecule has 0 radical (unpaired) electrons. The van der Waals surface area contributed by atoms with Gasteiger partial charge in [0.1, 0.15) is 5.72 Å². The van der Waals surface area contributed by atoms with E-state index < -0.39 is 17.7 Å². The lowest BCUT2D eigenvalue weighted by Gasteiger charge is -2.42. The van der Waals surface area contributed by atoms with Crippen molar-refractivity contribution in [1.29, 1.82) is 0 Å². The summed E-state index contributed by atoms with van der Waals surface area (Å²) in [6, 6.07) is 8.57. The normalized spacial score (nSPS) is 30.6. The van der Waals surface area contributed by atoms with Gasteiger partial charge in [-0.25, -0.2) is 4.79 Å². The fourth-order valence-electron chi connectivity index (χ4n) is 3.70. The Morgan fingerprint density at radius 3 is 2.52 bits per heavy atom. The Kier molecular flexibility index (Phi) is 4.39. The van der Waals surface area contributed by atoms with Gasteiger partial charge in [0, 0.05) is 0 Å². The van der Waals surface area contributed by atoms with Gasteiger partial charge in [-0.1, -0.05) is 37.3 Å². The molecule has 5 nitrogen and oxygen atoms in total. The molecule has 124 valence electrons. The second-order valence-electron chi connectivity index (χ2n) is 6.72. The summed E-state index contributed by atoms with van der Waals surface area (Å²) in [5.74, 6) is -0.545. The Bertz CT molecular complexity index is 578. The minimum absolute atomic E-state index is 0.0875. The van der Waals surface area contributed by atoms with Gasteiger partial charge in [0.05, 0.1) is 13.0 Å². The zero-order chi connectivity index (χ0) is 16.4. The van der Waals surface area contributed by atoms with E-state index in [2.05, 4.69) is 6.92 Å². The van der Waals surface area contributed by atoms with Crippen LogP contribution in [0.5, 0.6) is 0 Å². The molecule has 1 saturated carbocycles. The lowest BCUT2D eigenvalue weighted by Crippen LogP contribution is -2.55. The number of carboxylic acids is 1. The standard InChI is InChI=1S/C18H23NO4/c1-13-7-9-18(10-8-13)19(15(12-23-18)17(21)22)16(20)11-14-5-3-2-4-6-14/h2-6,13,15H,7-12H2,1H3,(H,21,22). The van der Waals surface area contributed by atoms with Crippen molar-refractivity contribution >= 4 is 11.9 Å². The van der Waals surface area contributed by atoms with Crippen LogP contribution in [0.2, 0.25) is 0 Å². The number of carboxylic acid groups (broad SMARTS) is 1. The summed E-state index contributed by atoms with van der Waals surface area (Å²) in [6.45, 7) is 2.27. The van der Waals surface area contributed by atoms with Crippen LogP contribution < -0.4 is 0 Å². The highest BCUT2D eigenvalue weighted by Crippen LogP contribution is 2.42. The van der Waals surface area contributed by atoms with Gasteiger partial charge in [-0.15, -0.1) is 0 Å². The average molecular weight is 317 g/mol. The largest absolute Gasteiger partial charge is 0.480 e. The maximum Gasteiger partial charge on any atom is 0.328 e. The Morgan fingerprint density at radius 2 is 1.91 bits per heavy atom. The van der Waals surface area contributed by atoms with Crippen LogP contribution in [0.3, 0.4) is 0 Å². The van der Waals surface area contributed by atoms with Crippen molar-refractivity contribution in [1.82, 2.24) is 4.90 Å². The smallest absolute Gasteiger partial charge is 0.328 e. The van der Waals surface area contributed by atoms with Crippen molar-refractivity contribution in [2.45, 2.75) is 50.8 Å². The third-order valence-corrected chi connectivity index (χ3v) is 5.07. The molecule has 1 unspecified atom stereocenters. The van der Waals surface area contributed by atoms with Crippen LogP contribution in [-0.2, 0) is 20.7 Å². The molecule has 5 heteroatoms. The van der Waals surface area contributed by atoms with Crippen LogP contribution in [0.25, 0.3) is 0 Å². The molecule has 3 rings (SSSR count). The van der Waals surface area contributed by atoms with E-state index in [1.807, 2.05) is 30.3 Å². The van der Waals surface area contributed by atoms with Gasteiger partial charge in [-0.05, 0) is 37.2 Å². The van der Waals surface area contributed by atoms with E-state index in [-0.39, 0.29) is 18.9 Å². The lowest BCUT2D eigenvalue weighted by atomic mass is 9.83. The van der Waals surface area contributed by atoms with E-state index in [0.717, 1.165) is 31.2 Å². The third-order valence-electron chi connectivity index (χ3n) is 5.07. The fraction of sp³-hybridized carbons (Fsp3) is 0.556. The Morgan fingerprint density at radius 1 is 1.26 bits per heavy atom. The van der Waals surface area contributed by atoms with E-state index >= 15 is 0 Å². The van der Waals surface area contributed by atoms with Crippen LogP contribution in [0.4, 0.5) is 0 Å². The van der Waals surface area contributed by atoms with E-state index in [1.54, 1.807) is 0 Å². The zero-order valence-electron chi connectivity index (χ0n) is 13.4. The van der Waals surface area contributed by atoms with Gasteiger partial charge in [0.25, 0.3) is 0 Å². The molecule has 1 heterocycles. The minimum atomic E-state index is -0.984. The molecule has 0 bridgehead atoms. The molecule has 1 spiro atoms. The van der Waals surface area contributed by atoms with E-state index in [4.69, 9.17) is 4.74 Å². The second kappa shape index (κ2) is 6.32. The number of benzene rings is 1. The van der Waals surface area contributed by atoms with Crippen LogP contribution in [-0.4, -0.2) is 40.3 Å². The summed E-state index contributed by atoms with van der Waals surface area (Å²) in [4.78, 5) is 26.0. The fourth-order valence-corrected chi connectivity index (χ4v) is 3.70.